The van der Waals surface area contributed by atoms with E-state index in [4.69, 9.17) is 0 Å². The van der Waals surface area contributed by atoms with Crippen LogP contribution in [-0.2, 0) is 13.0 Å². The number of nitrogens with one attached hydrogen (secondary N) is 2. The predicted octanol–water partition coefficient (Wildman–Crippen LogP) is 4.20. The zero-order valence-electron chi connectivity index (χ0n) is 16.4. The molecule has 2 aromatic carbocycles. The second-order valence-corrected chi connectivity index (χ2v) is 7.04. The topological polar surface area (TPSA) is 78.1 Å². The molecular weight excluding hydrogens is 376 g/mol. The Morgan fingerprint density at radius 3 is 2.60 bits per heavy atom. The van der Waals surface area contributed by atoms with Gasteiger partial charge in [-0.15, -0.1) is 0 Å². The number of carbonyl (C=O) groups excluding carboxylic acids is 1. The van der Waals surface area contributed by atoms with Crippen molar-refractivity contribution in [1.82, 2.24) is 14.9 Å². The lowest BCUT2D eigenvalue weighted by Crippen LogP contribution is -2.37. The number of H-pyrrole nitrogens is 1. The number of benzene rings is 2. The van der Waals surface area contributed by atoms with Crippen molar-refractivity contribution in [3.05, 3.63) is 107 Å². The fraction of sp³-hybridized carbons (Fsp3) is 0.125. The predicted molar refractivity (Wildman–Crippen MR) is 118 cm³/mol. The summed E-state index contributed by atoms with van der Waals surface area (Å²) in [5.41, 5.74) is 2.88. The van der Waals surface area contributed by atoms with E-state index in [0.717, 1.165) is 16.5 Å². The summed E-state index contributed by atoms with van der Waals surface area (Å²) in [6.07, 6.45) is 3.93. The number of aromatic amines is 1. The van der Waals surface area contributed by atoms with Gasteiger partial charge in [0.2, 0.25) is 0 Å². The fourth-order valence-electron chi connectivity index (χ4n) is 3.32. The average Bonchev–Trinajstić information content (AvgIpc) is 2.78. The zero-order valence-corrected chi connectivity index (χ0v) is 16.4. The van der Waals surface area contributed by atoms with Crippen LogP contribution in [-0.4, -0.2) is 27.4 Å². The Labute approximate surface area is 174 Å². The molecule has 0 spiro atoms. The Kier molecular flexibility index (Phi) is 5.85. The molecule has 0 aliphatic rings. The molecule has 0 bridgehead atoms. The number of anilines is 1. The van der Waals surface area contributed by atoms with Crippen LogP contribution >= 0.6 is 0 Å². The average molecular weight is 398 g/mol. The third kappa shape index (κ3) is 4.72. The Morgan fingerprint density at radius 2 is 1.80 bits per heavy atom. The number of carbonyl (C=O) groups is 1. The van der Waals surface area contributed by atoms with Gasteiger partial charge in [-0.1, -0.05) is 48.5 Å². The highest BCUT2D eigenvalue weighted by molar-refractivity contribution is 5.89. The van der Waals surface area contributed by atoms with Crippen molar-refractivity contribution < 1.29 is 4.79 Å². The lowest BCUT2D eigenvalue weighted by Gasteiger charge is -2.23. The maximum Gasteiger partial charge on any atom is 0.322 e. The Bertz CT molecular complexity index is 1190. The molecule has 30 heavy (non-hydrogen) atoms. The number of amides is 2. The lowest BCUT2D eigenvalue weighted by atomic mass is 10.1. The van der Waals surface area contributed by atoms with Gasteiger partial charge in [-0.25, -0.2) is 4.79 Å². The molecule has 0 unspecified atom stereocenters. The number of nitrogens with zero attached hydrogens (tertiary/aromatic N) is 2. The number of aromatic nitrogens is 2. The van der Waals surface area contributed by atoms with Crippen LogP contribution in [0.5, 0.6) is 0 Å². The summed E-state index contributed by atoms with van der Waals surface area (Å²) in [4.78, 5) is 34.2. The molecule has 0 saturated carbocycles. The minimum atomic E-state index is -0.272. The van der Waals surface area contributed by atoms with Gasteiger partial charge in [0.25, 0.3) is 5.56 Å². The molecule has 2 aromatic heterocycles. The summed E-state index contributed by atoms with van der Waals surface area (Å²) in [5, 5.41) is 3.80. The summed E-state index contributed by atoms with van der Waals surface area (Å²) in [5.74, 6) is 0. The number of para-hydroxylation sites is 1. The third-order valence-corrected chi connectivity index (χ3v) is 4.90. The number of hydrogen-bond donors (Lipinski definition) is 2. The minimum absolute atomic E-state index is 0.187. The van der Waals surface area contributed by atoms with E-state index in [1.807, 2.05) is 60.7 Å². The van der Waals surface area contributed by atoms with Gasteiger partial charge in [0.05, 0.1) is 18.4 Å². The van der Waals surface area contributed by atoms with Crippen LogP contribution in [0.1, 0.15) is 11.1 Å². The Hall–Kier alpha value is -3.93. The smallest absolute Gasteiger partial charge is 0.322 e. The molecule has 2 N–H and O–H groups in total. The maximum absolute atomic E-state index is 13.0. The van der Waals surface area contributed by atoms with Crippen molar-refractivity contribution >= 4 is 22.6 Å². The second kappa shape index (κ2) is 9.05. The van der Waals surface area contributed by atoms with E-state index in [0.29, 0.717) is 24.2 Å². The van der Waals surface area contributed by atoms with E-state index in [2.05, 4.69) is 15.3 Å². The fourth-order valence-corrected chi connectivity index (χ4v) is 3.32. The first-order chi connectivity index (χ1) is 14.7. The summed E-state index contributed by atoms with van der Waals surface area (Å²) in [6.45, 7) is 0.682. The molecule has 2 amide bonds. The normalized spacial score (nSPS) is 10.7. The third-order valence-electron chi connectivity index (χ3n) is 4.90. The van der Waals surface area contributed by atoms with Crippen molar-refractivity contribution in [1.29, 1.82) is 0 Å². The molecule has 0 aliphatic heterocycles. The van der Waals surface area contributed by atoms with E-state index in [9.17, 15) is 9.59 Å². The van der Waals surface area contributed by atoms with Gasteiger partial charge in [0, 0.05) is 23.8 Å². The van der Waals surface area contributed by atoms with Crippen molar-refractivity contribution in [3.8, 4) is 0 Å². The van der Waals surface area contributed by atoms with Crippen LogP contribution in [0.25, 0.3) is 10.9 Å². The van der Waals surface area contributed by atoms with Crippen LogP contribution in [0.4, 0.5) is 10.5 Å². The molecule has 4 aromatic rings. The first-order valence-electron chi connectivity index (χ1n) is 9.80. The second-order valence-electron chi connectivity index (χ2n) is 7.04. The summed E-state index contributed by atoms with van der Waals surface area (Å²) < 4.78 is 0. The van der Waals surface area contributed by atoms with E-state index < -0.39 is 0 Å². The first kappa shape index (κ1) is 19.4. The molecule has 0 saturated heterocycles. The number of rotatable bonds is 6. The van der Waals surface area contributed by atoms with Crippen LogP contribution in [0.3, 0.4) is 0 Å². The number of hydrogen-bond acceptors (Lipinski definition) is 3. The summed E-state index contributed by atoms with van der Waals surface area (Å²) in [7, 11) is 0. The molecule has 0 fully saturated rings. The highest BCUT2D eigenvalue weighted by atomic mass is 16.2. The SMILES string of the molecule is O=C(Nc1cccnc1)N(CCc1ccccc1)Cc1cc2ccccc2[nH]c1=O. The Morgan fingerprint density at radius 1 is 1.00 bits per heavy atom. The molecule has 6 nitrogen and oxygen atoms in total. The van der Waals surface area contributed by atoms with Gasteiger partial charge in [0.1, 0.15) is 0 Å². The van der Waals surface area contributed by atoms with Crippen molar-refractivity contribution in [3.63, 3.8) is 0 Å². The molecule has 6 heteroatoms. The molecule has 150 valence electrons. The number of pyridine rings is 2. The lowest BCUT2D eigenvalue weighted by molar-refractivity contribution is 0.209. The van der Waals surface area contributed by atoms with E-state index in [-0.39, 0.29) is 18.1 Å². The van der Waals surface area contributed by atoms with Gasteiger partial charge in [0.15, 0.2) is 0 Å². The molecule has 2 heterocycles. The standard InChI is InChI=1S/C24H22N4O2/c29-23-20(15-19-9-4-5-11-22(19)27-23)17-28(14-12-18-7-2-1-3-8-18)24(30)26-21-10-6-13-25-16-21/h1-11,13,15-16H,12,14,17H2,(H,26,30)(H,27,29). The minimum Gasteiger partial charge on any atom is -0.322 e. The number of urea groups is 1. The highest BCUT2D eigenvalue weighted by Crippen LogP contribution is 2.13. The molecule has 0 atom stereocenters. The Balaban J connectivity index is 1.58. The molecule has 4 rings (SSSR count). The van der Waals surface area contributed by atoms with E-state index in [1.165, 1.54) is 0 Å². The van der Waals surface area contributed by atoms with Gasteiger partial charge >= 0.3 is 6.03 Å². The van der Waals surface area contributed by atoms with Crippen LogP contribution in [0, 0.1) is 0 Å². The highest BCUT2D eigenvalue weighted by Gasteiger charge is 2.16. The molecule has 0 aliphatic carbocycles. The quantitative estimate of drug-likeness (QED) is 0.511. The van der Waals surface area contributed by atoms with Crippen LogP contribution in [0.2, 0.25) is 0 Å². The van der Waals surface area contributed by atoms with Crippen molar-refractivity contribution in [2.75, 3.05) is 11.9 Å². The van der Waals surface area contributed by atoms with Gasteiger partial charge < -0.3 is 15.2 Å². The van der Waals surface area contributed by atoms with Crippen LogP contribution < -0.4 is 10.9 Å². The van der Waals surface area contributed by atoms with Gasteiger partial charge in [-0.3, -0.25) is 9.78 Å². The number of fused-ring (bicyclic) bond motifs is 1. The van der Waals surface area contributed by atoms with Crippen molar-refractivity contribution in [2.24, 2.45) is 0 Å². The van der Waals surface area contributed by atoms with E-state index >= 15 is 0 Å². The van der Waals surface area contributed by atoms with Crippen molar-refractivity contribution in [2.45, 2.75) is 13.0 Å². The largest absolute Gasteiger partial charge is 0.322 e. The monoisotopic (exact) mass is 398 g/mol. The van der Waals surface area contributed by atoms with Crippen LogP contribution in [0.15, 0.2) is 90.0 Å². The van der Waals surface area contributed by atoms with E-state index in [1.54, 1.807) is 29.4 Å². The maximum atomic E-state index is 13.0. The molecule has 0 radical (unpaired) electrons. The van der Waals surface area contributed by atoms with Gasteiger partial charge in [-0.05, 0) is 41.6 Å². The first-order valence-corrected chi connectivity index (χ1v) is 9.80. The molecular formula is C24H22N4O2. The van der Waals surface area contributed by atoms with Gasteiger partial charge in [-0.2, -0.15) is 0 Å². The summed E-state index contributed by atoms with van der Waals surface area (Å²) >= 11 is 0. The zero-order chi connectivity index (χ0) is 20.8. The summed E-state index contributed by atoms with van der Waals surface area (Å²) in [6, 6.07) is 22.7.